The summed E-state index contributed by atoms with van der Waals surface area (Å²) in [6, 6.07) is 15.1. The van der Waals surface area contributed by atoms with Crippen LogP contribution in [0.3, 0.4) is 0 Å². The fourth-order valence-corrected chi connectivity index (χ4v) is 2.85. The van der Waals surface area contributed by atoms with Crippen molar-refractivity contribution in [2.45, 2.75) is 6.92 Å². The van der Waals surface area contributed by atoms with E-state index in [2.05, 4.69) is 31.4 Å². The average Bonchev–Trinajstić information content (AvgIpc) is 2.61. The Kier molecular flexibility index (Phi) is 5.09. The van der Waals surface area contributed by atoms with Gasteiger partial charge in [-0.3, -0.25) is 9.78 Å². The summed E-state index contributed by atoms with van der Waals surface area (Å²) in [5, 5.41) is 4.95. The number of fused-ring (bicyclic) bond motifs is 1. The number of methoxy groups -OCH3 is 1. The molecule has 0 aliphatic heterocycles. The number of hydrogen-bond donors (Lipinski definition) is 1. The molecule has 0 fully saturated rings. The van der Waals surface area contributed by atoms with Gasteiger partial charge >= 0.3 is 0 Å². The van der Waals surface area contributed by atoms with Crippen LogP contribution in [0.15, 0.2) is 58.1 Å². The minimum Gasteiger partial charge on any atom is -0.496 e. The van der Waals surface area contributed by atoms with Crippen molar-refractivity contribution in [1.82, 2.24) is 10.4 Å². The molecule has 6 heteroatoms. The van der Waals surface area contributed by atoms with Crippen molar-refractivity contribution in [3.05, 3.63) is 69.8 Å². The quantitative estimate of drug-likeness (QED) is 0.532. The third-order valence-corrected chi connectivity index (χ3v) is 4.21. The molecule has 25 heavy (non-hydrogen) atoms. The van der Waals surface area contributed by atoms with Crippen LogP contribution in [0.5, 0.6) is 5.75 Å². The molecule has 1 heterocycles. The summed E-state index contributed by atoms with van der Waals surface area (Å²) in [6.07, 6.45) is 1.55. The van der Waals surface area contributed by atoms with Gasteiger partial charge < -0.3 is 4.74 Å². The van der Waals surface area contributed by atoms with Gasteiger partial charge in [0.05, 0.1) is 30.1 Å². The zero-order valence-corrected chi connectivity index (χ0v) is 15.4. The van der Waals surface area contributed by atoms with Crippen LogP contribution in [-0.2, 0) is 0 Å². The zero-order chi connectivity index (χ0) is 17.8. The number of rotatable bonds is 4. The van der Waals surface area contributed by atoms with Crippen LogP contribution in [0, 0.1) is 6.92 Å². The van der Waals surface area contributed by atoms with Crippen LogP contribution in [0.25, 0.3) is 10.9 Å². The first-order chi connectivity index (χ1) is 12.1. The van der Waals surface area contributed by atoms with Crippen molar-refractivity contribution < 1.29 is 9.53 Å². The van der Waals surface area contributed by atoms with Crippen molar-refractivity contribution in [2.75, 3.05) is 7.11 Å². The second-order valence-electron chi connectivity index (χ2n) is 5.40. The third kappa shape index (κ3) is 3.85. The number of aryl methyl sites for hydroxylation is 1. The molecular weight excluding hydrogens is 382 g/mol. The van der Waals surface area contributed by atoms with E-state index in [4.69, 9.17) is 4.74 Å². The van der Waals surface area contributed by atoms with Gasteiger partial charge in [-0.1, -0.05) is 34.1 Å². The second-order valence-corrected chi connectivity index (χ2v) is 6.32. The molecule has 2 aromatic carbocycles. The number of hydrogen-bond acceptors (Lipinski definition) is 4. The van der Waals surface area contributed by atoms with Crippen molar-refractivity contribution >= 4 is 39.0 Å². The summed E-state index contributed by atoms with van der Waals surface area (Å²) >= 11 is 3.40. The van der Waals surface area contributed by atoms with E-state index in [9.17, 15) is 4.79 Å². The number of pyridine rings is 1. The van der Waals surface area contributed by atoms with Crippen LogP contribution in [0.4, 0.5) is 0 Å². The molecule has 0 saturated heterocycles. The number of nitrogens with zero attached hydrogens (tertiary/aromatic N) is 2. The first-order valence-electron chi connectivity index (χ1n) is 7.62. The lowest BCUT2D eigenvalue weighted by Crippen LogP contribution is -2.19. The van der Waals surface area contributed by atoms with E-state index in [1.54, 1.807) is 13.3 Å². The lowest BCUT2D eigenvalue weighted by Gasteiger charge is -2.07. The van der Waals surface area contributed by atoms with E-state index in [0.717, 1.165) is 20.9 Å². The number of ether oxygens (including phenoxy) is 1. The minimum atomic E-state index is -0.305. The Labute approximate surface area is 153 Å². The van der Waals surface area contributed by atoms with Gasteiger partial charge in [-0.25, -0.2) is 5.43 Å². The van der Waals surface area contributed by atoms with Gasteiger partial charge in [-0.05, 0) is 37.3 Å². The predicted octanol–water partition coefficient (Wildman–Crippen LogP) is 4.08. The van der Waals surface area contributed by atoms with E-state index in [-0.39, 0.29) is 5.91 Å². The highest BCUT2D eigenvalue weighted by atomic mass is 79.9. The molecule has 126 valence electrons. The second kappa shape index (κ2) is 7.44. The first kappa shape index (κ1) is 17.1. The van der Waals surface area contributed by atoms with Crippen molar-refractivity contribution in [2.24, 2.45) is 5.10 Å². The number of carbonyl (C=O) groups excluding carboxylic acids is 1. The van der Waals surface area contributed by atoms with E-state index in [0.29, 0.717) is 17.0 Å². The summed E-state index contributed by atoms with van der Waals surface area (Å²) in [7, 11) is 1.59. The van der Waals surface area contributed by atoms with Crippen LogP contribution in [-0.4, -0.2) is 24.2 Å². The molecule has 0 aliphatic carbocycles. The number of hydrazone groups is 1. The molecule has 0 spiro atoms. The summed E-state index contributed by atoms with van der Waals surface area (Å²) in [5.41, 5.74) is 5.31. The topological polar surface area (TPSA) is 63.6 Å². The van der Waals surface area contributed by atoms with E-state index < -0.39 is 0 Å². The molecule has 1 aromatic heterocycles. The smallest absolute Gasteiger partial charge is 0.273 e. The van der Waals surface area contributed by atoms with Crippen LogP contribution >= 0.6 is 15.9 Å². The van der Waals surface area contributed by atoms with Gasteiger partial charge in [-0.15, -0.1) is 0 Å². The molecule has 3 rings (SSSR count). The summed E-state index contributed by atoms with van der Waals surface area (Å²) in [4.78, 5) is 16.9. The standard InChI is InChI=1S/C19H16BrN3O2/c1-12-16(10-13-5-3-4-6-17(13)22-12)19(24)23-21-11-14-9-15(20)7-8-18(14)25-2/h3-11H,1-2H3,(H,23,24)/b21-11-. The van der Waals surface area contributed by atoms with Crippen molar-refractivity contribution in [3.63, 3.8) is 0 Å². The number of amides is 1. The van der Waals surface area contributed by atoms with Crippen molar-refractivity contribution in [3.8, 4) is 5.75 Å². The molecule has 0 aliphatic rings. The maximum atomic E-state index is 12.4. The molecule has 0 bridgehead atoms. The largest absolute Gasteiger partial charge is 0.496 e. The molecular formula is C19H16BrN3O2. The lowest BCUT2D eigenvalue weighted by atomic mass is 10.1. The Hall–Kier alpha value is -2.73. The van der Waals surface area contributed by atoms with Crippen molar-refractivity contribution in [1.29, 1.82) is 0 Å². The highest BCUT2D eigenvalue weighted by Crippen LogP contribution is 2.21. The van der Waals surface area contributed by atoms with E-state index in [1.165, 1.54) is 0 Å². The highest BCUT2D eigenvalue weighted by molar-refractivity contribution is 9.10. The number of aromatic nitrogens is 1. The Bertz CT molecular complexity index is 970. The molecule has 0 saturated carbocycles. The van der Waals surface area contributed by atoms with Crippen LogP contribution in [0.2, 0.25) is 0 Å². The number of nitrogens with one attached hydrogen (secondary N) is 1. The predicted molar refractivity (Wildman–Crippen MR) is 102 cm³/mol. The number of halogens is 1. The van der Waals surface area contributed by atoms with Gasteiger partial charge in [-0.2, -0.15) is 5.10 Å². The first-order valence-corrected chi connectivity index (χ1v) is 8.41. The Morgan fingerprint density at radius 1 is 1.24 bits per heavy atom. The Balaban J connectivity index is 1.81. The highest BCUT2D eigenvalue weighted by Gasteiger charge is 2.11. The average molecular weight is 398 g/mol. The number of para-hydroxylation sites is 1. The molecule has 0 radical (unpaired) electrons. The van der Waals surface area contributed by atoms with Crippen LogP contribution in [0.1, 0.15) is 21.6 Å². The van der Waals surface area contributed by atoms with Gasteiger partial charge in [0.1, 0.15) is 5.75 Å². The van der Waals surface area contributed by atoms with E-state index in [1.807, 2.05) is 55.5 Å². The normalized spacial score (nSPS) is 11.0. The SMILES string of the molecule is COc1ccc(Br)cc1/C=N\NC(=O)c1cc2ccccc2nc1C. The monoisotopic (exact) mass is 397 g/mol. The maximum absolute atomic E-state index is 12.4. The number of benzene rings is 2. The summed E-state index contributed by atoms with van der Waals surface area (Å²) in [5.74, 6) is 0.366. The molecule has 5 nitrogen and oxygen atoms in total. The fourth-order valence-electron chi connectivity index (χ4n) is 2.47. The summed E-state index contributed by atoms with van der Waals surface area (Å²) in [6.45, 7) is 1.81. The minimum absolute atomic E-state index is 0.305. The van der Waals surface area contributed by atoms with Gasteiger partial charge in [0, 0.05) is 15.4 Å². The molecule has 3 aromatic rings. The molecule has 0 atom stereocenters. The maximum Gasteiger partial charge on any atom is 0.273 e. The van der Waals surface area contributed by atoms with Gasteiger partial charge in [0.25, 0.3) is 5.91 Å². The van der Waals surface area contributed by atoms with Gasteiger partial charge in [0.2, 0.25) is 0 Å². The molecule has 1 N–H and O–H groups in total. The Morgan fingerprint density at radius 3 is 2.84 bits per heavy atom. The van der Waals surface area contributed by atoms with Crippen LogP contribution < -0.4 is 10.2 Å². The summed E-state index contributed by atoms with van der Waals surface area (Å²) < 4.78 is 6.17. The fraction of sp³-hybridized carbons (Fsp3) is 0.105. The lowest BCUT2D eigenvalue weighted by molar-refractivity contribution is 0.0954. The number of carbonyl (C=O) groups is 1. The van der Waals surface area contributed by atoms with Gasteiger partial charge in [0.15, 0.2) is 0 Å². The Morgan fingerprint density at radius 2 is 2.04 bits per heavy atom. The molecule has 0 unspecified atom stereocenters. The zero-order valence-electron chi connectivity index (χ0n) is 13.8. The molecule has 1 amide bonds. The van der Waals surface area contributed by atoms with E-state index >= 15 is 0 Å². The third-order valence-electron chi connectivity index (χ3n) is 3.72.